The Morgan fingerprint density at radius 1 is 1.58 bits per heavy atom. The molecule has 0 saturated heterocycles. The summed E-state index contributed by atoms with van der Waals surface area (Å²) in [6.07, 6.45) is 0. The van der Waals surface area contributed by atoms with Crippen molar-refractivity contribution in [2.75, 3.05) is 13.6 Å². The highest BCUT2D eigenvalue weighted by molar-refractivity contribution is 7.86. The van der Waals surface area contributed by atoms with Crippen LogP contribution in [0.4, 0.5) is 0 Å². The van der Waals surface area contributed by atoms with Crippen molar-refractivity contribution in [3.8, 4) is 6.07 Å². The average molecular weight is 191 g/mol. The topological polar surface area (TPSA) is 87.2 Å². The van der Waals surface area contributed by atoms with E-state index in [0.717, 1.165) is 4.31 Å². The lowest BCUT2D eigenvalue weighted by molar-refractivity contribution is 0.356. The highest BCUT2D eigenvalue weighted by Crippen LogP contribution is 2.14. The number of nitriles is 1. The summed E-state index contributed by atoms with van der Waals surface area (Å²) in [5.41, 5.74) is -0.707. The average Bonchev–Trinajstić information content (AvgIpc) is 1.85. The second kappa shape index (κ2) is 3.39. The van der Waals surface area contributed by atoms with E-state index in [1.807, 2.05) is 6.07 Å². The molecule has 5 nitrogen and oxygen atoms in total. The van der Waals surface area contributed by atoms with E-state index in [1.54, 1.807) is 13.8 Å². The van der Waals surface area contributed by atoms with E-state index < -0.39 is 15.6 Å². The number of hydrogen-bond acceptors (Lipinski definition) is 3. The van der Waals surface area contributed by atoms with Crippen molar-refractivity contribution in [1.29, 1.82) is 5.26 Å². The SMILES string of the molecule is CN(CC(C)(C)C#N)S(N)(=O)=O. The number of nitrogens with two attached hydrogens (primary N) is 1. The molecule has 0 fully saturated rings. The minimum atomic E-state index is -3.66. The molecule has 0 aliphatic rings. The van der Waals surface area contributed by atoms with Gasteiger partial charge in [-0.3, -0.25) is 0 Å². The van der Waals surface area contributed by atoms with Crippen molar-refractivity contribution >= 4 is 10.2 Å². The van der Waals surface area contributed by atoms with Crippen LogP contribution in [0.2, 0.25) is 0 Å². The van der Waals surface area contributed by atoms with Gasteiger partial charge in [0.2, 0.25) is 0 Å². The first kappa shape index (κ1) is 11.4. The van der Waals surface area contributed by atoms with Crippen molar-refractivity contribution in [1.82, 2.24) is 4.31 Å². The number of rotatable bonds is 3. The molecule has 0 heterocycles. The summed E-state index contributed by atoms with van der Waals surface area (Å²) >= 11 is 0. The standard InChI is InChI=1S/C6H13N3O2S/c1-6(2,4-7)5-9(3)12(8,10)11/h5H2,1-3H3,(H2,8,10,11). The Bertz CT molecular complexity index is 288. The Hall–Kier alpha value is -0.640. The van der Waals surface area contributed by atoms with Crippen molar-refractivity contribution in [2.45, 2.75) is 13.8 Å². The lowest BCUT2D eigenvalue weighted by Gasteiger charge is -2.21. The molecule has 0 aliphatic heterocycles. The second-order valence-electron chi connectivity index (χ2n) is 3.30. The predicted molar refractivity (Wildman–Crippen MR) is 45.1 cm³/mol. The van der Waals surface area contributed by atoms with Gasteiger partial charge in [-0.2, -0.15) is 18.0 Å². The molecule has 0 bridgehead atoms. The molecule has 0 aromatic carbocycles. The summed E-state index contributed by atoms with van der Waals surface area (Å²) in [5.74, 6) is 0. The van der Waals surface area contributed by atoms with Gasteiger partial charge in [-0.05, 0) is 13.8 Å². The maximum Gasteiger partial charge on any atom is 0.276 e. The molecule has 12 heavy (non-hydrogen) atoms. The summed E-state index contributed by atoms with van der Waals surface area (Å²) in [4.78, 5) is 0. The van der Waals surface area contributed by atoms with Gasteiger partial charge in [-0.15, -0.1) is 0 Å². The van der Waals surface area contributed by atoms with Gasteiger partial charge in [0.25, 0.3) is 10.2 Å². The molecule has 0 saturated carbocycles. The fraction of sp³-hybridized carbons (Fsp3) is 0.833. The van der Waals surface area contributed by atoms with Crippen molar-refractivity contribution < 1.29 is 8.42 Å². The molecule has 70 valence electrons. The fourth-order valence-corrected chi connectivity index (χ4v) is 1.18. The van der Waals surface area contributed by atoms with Crippen molar-refractivity contribution in [3.05, 3.63) is 0 Å². The molecular weight excluding hydrogens is 178 g/mol. The third kappa shape index (κ3) is 3.67. The molecule has 0 aromatic rings. The van der Waals surface area contributed by atoms with Crippen LogP contribution in [0.1, 0.15) is 13.8 Å². The molecular formula is C6H13N3O2S. The van der Waals surface area contributed by atoms with E-state index in [-0.39, 0.29) is 6.54 Å². The van der Waals surface area contributed by atoms with Crippen molar-refractivity contribution in [2.24, 2.45) is 10.6 Å². The van der Waals surface area contributed by atoms with Gasteiger partial charge in [0.15, 0.2) is 0 Å². The third-order valence-corrected chi connectivity index (χ3v) is 2.35. The van der Waals surface area contributed by atoms with Crippen LogP contribution in [-0.2, 0) is 10.2 Å². The van der Waals surface area contributed by atoms with Crippen molar-refractivity contribution in [3.63, 3.8) is 0 Å². The van der Waals surface area contributed by atoms with Gasteiger partial charge in [-0.1, -0.05) is 0 Å². The maximum atomic E-state index is 10.7. The minimum absolute atomic E-state index is 0.0995. The Kier molecular flexibility index (Phi) is 3.21. The molecule has 0 atom stereocenters. The zero-order chi connectivity index (χ0) is 9.99. The van der Waals surface area contributed by atoms with Gasteiger partial charge >= 0.3 is 0 Å². The van der Waals surface area contributed by atoms with Crippen LogP contribution in [-0.4, -0.2) is 26.3 Å². The molecule has 0 rings (SSSR count). The Balaban J connectivity index is 4.43. The van der Waals surface area contributed by atoms with Crippen LogP contribution < -0.4 is 5.14 Å². The third-order valence-electron chi connectivity index (χ3n) is 1.36. The zero-order valence-corrected chi connectivity index (χ0v) is 8.22. The minimum Gasteiger partial charge on any atom is -0.216 e. The van der Waals surface area contributed by atoms with E-state index in [4.69, 9.17) is 10.4 Å². The zero-order valence-electron chi connectivity index (χ0n) is 7.40. The number of hydrogen-bond donors (Lipinski definition) is 1. The summed E-state index contributed by atoms with van der Waals surface area (Å²) in [6, 6.07) is 1.98. The van der Waals surface area contributed by atoms with Crippen LogP contribution in [0.3, 0.4) is 0 Å². The van der Waals surface area contributed by atoms with E-state index >= 15 is 0 Å². The first-order valence-corrected chi connectivity index (χ1v) is 4.85. The predicted octanol–water partition coefficient (Wildman–Crippen LogP) is -0.329. The molecule has 0 radical (unpaired) electrons. The highest BCUT2D eigenvalue weighted by Gasteiger charge is 2.23. The van der Waals surface area contributed by atoms with Gasteiger partial charge in [0.1, 0.15) is 0 Å². The summed E-state index contributed by atoms with van der Waals surface area (Å²) in [7, 11) is -2.32. The summed E-state index contributed by atoms with van der Waals surface area (Å²) in [6.45, 7) is 3.39. The Labute approximate surface area is 73.0 Å². The van der Waals surface area contributed by atoms with Crippen LogP contribution >= 0.6 is 0 Å². The Morgan fingerprint density at radius 2 is 2.00 bits per heavy atom. The molecule has 0 aliphatic carbocycles. The van der Waals surface area contributed by atoms with Gasteiger partial charge in [0.05, 0.1) is 11.5 Å². The largest absolute Gasteiger partial charge is 0.276 e. The van der Waals surface area contributed by atoms with Gasteiger partial charge < -0.3 is 0 Å². The smallest absolute Gasteiger partial charge is 0.216 e. The maximum absolute atomic E-state index is 10.7. The Morgan fingerprint density at radius 3 is 2.25 bits per heavy atom. The molecule has 0 amide bonds. The van der Waals surface area contributed by atoms with E-state index in [9.17, 15) is 8.42 Å². The molecule has 0 aromatic heterocycles. The molecule has 2 N–H and O–H groups in total. The number of nitrogens with zero attached hydrogens (tertiary/aromatic N) is 2. The molecule has 0 unspecified atom stereocenters. The quantitative estimate of drug-likeness (QED) is 0.662. The van der Waals surface area contributed by atoms with Crippen LogP contribution in [0.15, 0.2) is 0 Å². The van der Waals surface area contributed by atoms with Crippen LogP contribution in [0, 0.1) is 16.7 Å². The van der Waals surface area contributed by atoms with E-state index in [0.29, 0.717) is 0 Å². The second-order valence-corrected chi connectivity index (χ2v) is 4.95. The van der Waals surface area contributed by atoms with E-state index in [1.165, 1.54) is 7.05 Å². The molecule has 0 spiro atoms. The van der Waals surface area contributed by atoms with E-state index in [2.05, 4.69) is 0 Å². The van der Waals surface area contributed by atoms with Gasteiger partial charge in [0, 0.05) is 13.6 Å². The lowest BCUT2D eigenvalue weighted by atomic mass is 9.96. The van der Waals surface area contributed by atoms with Gasteiger partial charge in [-0.25, -0.2) is 5.14 Å². The normalized spacial score (nSPS) is 13.0. The monoisotopic (exact) mass is 191 g/mol. The first-order valence-electron chi connectivity index (χ1n) is 3.34. The first-order chi connectivity index (χ1) is 5.19. The van der Waals surface area contributed by atoms with Crippen LogP contribution in [0.25, 0.3) is 0 Å². The van der Waals surface area contributed by atoms with Crippen LogP contribution in [0.5, 0.6) is 0 Å². The fourth-order valence-electron chi connectivity index (χ4n) is 0.682. The summed E-state index contributed by atoms with van der Waals surface area (Å²) in [5, 5.41) is 13.4. The highest BCUT2D eigenvalue weighted by atomic mass is 32.2. The lowest BCUT2D eigenvalue weighted by Crippen LogP contribution is -2.39. The summed E-state index contributed by atoms with van der Waals surface area (Å²) < 4.78 is 22.4. The molecule has 6 heteroatoms.